The van der Waals surface area contributed by atoms with E-state index in [2.05, 4.69) is 60.8 Å². The smallest absolute Gasteiger partial charge is 0.123 e. The highest BCUT2D eigenvalue weighted by Crippen LogP contribution is 2.25. The molecule has 0 saturated carbocycles. The molecule has 0 aromatic heterocycles. The highest BCUT2D eigenvalue weighted by Gasteiger charge is 2.09. The van der Waals surface area contributed by atoms with Crippen molar-refractivity contribution in [2.24, 2.45) is 0 Å². The summed E-state index contributed by atoms with van der Waals surface area (Å²) in [7, 11) is 1.72. The summed E-state index contributed by atoms with van der Waals surface area (Å²) in [6, 6.07) is 23.4. The number of benzene rings is 3. The largest absolute Gasteiger partial charge is 0.496 e. The molecule has 0 radical (unpaired) electrons. The molecule has 22 heavy (non-hydrogen) atoms. The fraction of sp³-hybridized carbons (Fsp3) is 0.200. The van der Waals surface area contributed by atoms with Crippen LogP contribution in [0.2, 0.25) is 0 Å². The van der Waals surface area contributed by atoms with Gasteiger partial charge >= 0.3 is 0 Å². The Bertz CT molecular complexity index is 761. The van der Waals surface area contributed by atoms with Crippen molar-refractivity contribution in [1.29, 1.82) is 0 Å². The summed E-state index contributed by atoms with van der Waals surface area (Å²) in [6.07, 6.45) is 0. The lowest BCUT2D eigenvalue weighted by atomic mass is 9.99. The third-order valence-corrected chi connectivity index (χ3v) is 4.08. The van der Waals surface area contributed by atoms with Crippen molar-refractivity contribution in [3.05, 3.63) is 77.9 Å². The second-order valence-electron chi connectivity index (χ2n) is 5.48. The summed E-state index contributed by atoms with van der Waals surface area (Å²) in [5, 5.41) is 6.20. The number of methoxy groups -OCH3 is 1. The first-order valence-electron chi connectivity index (χ1n) is 7.62. The predicted octanol–water partition coefficient (Wildman–Crippen LogP) is 4.70. The van der Waals surface area contributed by atoms with Gasteiger partial charge in [0.2, 0.25) is 0 Å². The van der Waals surface area contributed by atoms with Gasteiger partial charge in [-0.05, 0) is 29.3 Å². The minimum Gasteiger partial charge on any atom is -0.496 e. The van der Waals surface area contributed by atoms with Gasteiger partial charge in [-0.25, -0.2) is 0 Å². The maximum Gasteiger partial charge on any atom is 0.123 e. The SMILES string of the molecule is COc1ccccc1CNC(C)c1cccc2ccccc12. The fourth-order valence-electron chi connectivity index (χ4n) is 2.85. The lowest BCUT2D eigenvalue weighted by Crippen LogP contribution is -2.18. The number of fused-ring (bicyclic) bond motifs is 1. The molecule has 0 bridgehead atoms. The van der Waals surface area contributed by atoms with Gasteiger partial charge in [0.1, 0.15) is 5.75 Å². The van der Waals surface area contributed by atoms with Gasteiger partial charge in [-0.1, -0.05) is 60.7 Å². The molecule has 2 nitrogen and oxygen atoms in total. The summed E-state index contributed by atoms with van der Waals surface area (Å²) in [5.74, 6) is 0.931. The monoisotopic (exact) mass is 291 g/mol. The lowest BCUT2D eigenvalue weighted by molar-refractivity contribution is 0.406. The van der Waals surface area contributed by atoms with Crippen LogP contribution in [0, 0.1) is 0 Å². The summed E-state index contributed by atoms with van der Waals surface area (Å²) >= 11 is 0. The van der Waals surface area contributed by atoms with Crippen LogP contribution >= 0.6 is 0 Å². The minimum absolute atomic E-state index is 0.274. The number of hydrogen-bond donors (Lipinski definition) is 1. The van der Waals surface area contributed by atoms with E-state index in [1.165, 1.54) is 21.9 Å². The van der Waals surface area contributed by atoms with Crippen molar-refractivity contribution in [2.45, 2.75) is 19.5 Å². The zero-order chi connectivity index (χ0) is 15.4. The maximum absolute atomic E-state index is 5.41. The lowest BCUT2D eigenvalue weighted by Gasteiger charge is -2.17. The van der Waals surface area contributed by atoms with Crippen molar-refractivity contribution >= 4 is 10.8 Å². The van der Waals surface area contributed by atoms with E-state index in [-0.39, 0.29) is 6.04 Å². The molecule has 0 amide bonds. The van der Waals surface area contributed by atoms with Gasteiger partial charge < -0.3 is 10.1 Å². The molecule has 0 heterocycles. The molecular weight excluding hydrogens is 270 g/mol. The Morgan fingerprint density at radius 2 is 1.64 bits per heavy atom. The maximum atomic E-state index is 5.41. The van der Waals surface area contributed by atoms with Crippen molar-refractivity contribution < 1.29 is 4.74 Å². The van der Waals surface area contributed by atoms with Crippen LogP contribution in [0.3, 0.4) is 0 Å². The number of rotatable bonds is 5. The van der Waals surface area contributed by atoms with Crippen LogP contribution in [0.4, 0.5) is 0 Å². The normalized spacial score (nSPS) is 12.3. The highest BCUT2D eigenvalue weighted by atomic mass is 16.5. The Hall–Kier alpha value is -2.32. The quantitative estimate of drug-likeness (QED) is 0.735. The van der Waals surface area contributed by atoms with E-state index in [1.807, 2.05) is 18.2 Å². The highest BCUT2D eigenvalue weighted by molar-refractivity contribution is 5.86. The molecule has 0 saturated heterocycles. The standard InChI is InChI=1S/C20H21NO/c1-15(21-14-17-9-4-6-13-20(17)22-2)18-12-7-10-16-8-3-5-11-19(16)18/h3-13,15,21H,14H2,1-2H3. The summed E-state index contributed by atoms with van der Waals surface area (Å²) in [4.78, 5) is 0. The molecule has 0 fully saturated rings. The summed E-state index contributed by atoms with van der Waals surface area (Å²) < 4.78 is 5.41. The third-order valence-electron chi connectivity index (χ3n) is 4.08. The fourth-order valence-corrected chi connectivity index (χ4v) is 2.85. The van der Waals surface area contributed by atoms with E-state index in [1.54, 1.807) is 7.11 Å². The molecule has 3 rings (SSSR count). The second kappa shape index (κ2) is 6.63. The molecule has 0 aliphatic heterocycles. The Labute approximate surface area is 131 Å². The average Bonchev–Trinajstić information content (AvgIpc) is 2.59. The van der Waals surface area contributed by atoms with Crippen molar-refractivity contribution in [3.8, 4) is 5.75 Å². The van der Waals surface area contributed by atoms with Crippen LogP contribution < -0.4 is 10.1 Å². The molecule has 3 aromatic rings. The molecule has 0 aliphatic carbocycles. The van der Waals surface area contributed by atoms with Crippen LogP contribution in [0.15, 0.2) is 66.7 Å². The van der Waals surface area contributed by atoms with E-state index in [0.29, 0.717) is 0 Å². The van der Waals surface area contributed by atoms with Crippen molar-refractivity contribution in [2.75, 3.05) is 7.11 Å². The summed E-state index contributed by atoms with van der Waals surface area (Å²) in [6.45, 7) is 2.99. The Kier molecular flexibility index (Phi) is 4.40. The average molecular weight is 291 g/mol. The van der Waals surface area contributed by atoms with E-state index in [4.69, 9.17) is 4.74 Å². The van der Waals surface area contributed by atoms with Gasteiger partial charge in [-0.2, -0.15) is 0 Å². The van der Waals surface area contributed by atoms with Gasteiger partial charge in [-0.3, -0.25) is 0 Å². The molecule has 1 atom stereocenters. The molecule has 0 spiro atoms. The third kappa shape index (κ3) is 2.97. The molecule has 1 unspecified atom stereocenters. The van der Waals surface area contributed by atoms with Gasteiger partial charge in [-0.15, -0.1) is 0 Å². The molecule has 1 N–H and O–H groups in total. The minimum atomic E-state index is 0.274. The first-order chi connectivity index (χ1) is 10.8. The number of hydrogen-bond acceptors (Lipinski definition) is 2. The molecule has 0 aliphatic rings. The van der Waals surface area contributed by atoms with Gasteiger partial charge in [0.25, 0.3) is 0 Å². The van der Waals surface area contributed by atoms with Crippen LogP contribution in [0.1, 0.15) is 24.1 Å². The first-order valence-corrected chi connectivity index (χ1v) is 7.62. The molecule has 112 valence electrons. The second-order valence-corrected chi connectivity index (χ2v) is 5.48. The van der Waals surface area contributed by atoms with E-state index in [9.17, 15) is 0 Å². The number of para-hydroxylation sites is 1. The molecular formula is C20H21NO. The molecule has 3 aromatic carbocycles. The Balaban J connectivity index is 1.80. The van der Waals surface area contributed by atoms with Crippen LogP contribution in [0.5, 0.6) is 5.75 Å². The van der Waals surface area contributed by atoms with Crippen molar-refractivity contribution in [3.63, 3.8) is 0 Å². The van der Waals surface area contributed by atoms with E-state index >= 15 is 0 Å². The zero-order valence-corrected chi connectivity index (χ0v) is 13.0. The van der Waals surface area contributed by atoms with E-state index in [0.717, 1.165) is 12.3 Å². The van der Waals surface area contributed by atoms with Gasteiger partial charge in [0.05, 0.1) is 7.11 Å². The van der Waals surface area contributed by atoms with Crippen LogP contribution in [0.25, 0.3) is 10.8 Å². The Morgan fingerprint density at radius 3 is 2.50 bits per heavy atom. The number of ether oxygens (including phenoxy) is 1. The van der Waals surface area contributed by atoms with Gasteiger partial charge in [0.15, 0.2) is 0 Å². The van der Waals surface area contributed by atoms with Crippen LogP contribution in [-0.2, 0) is 6.54 Å². The predicted molar refractivity (Wildman–Crippen MR) is 92.2 cm³/mol. The molecule has 2 heteroatoms. The number of nitrogens with one attached hydrogen (secondary N) is 1. The zero-order valence-electron chi connectivity index (χ0n) is 13.0. The first kappa shape index (κ1) is 14.6. The van der Waals surface area contributed by atoms with E-state index < -0.39 is 0 Å². The van der Waals surface area contributed by atoms with Gasteiger partial charge in [0, 0.05) is 18.2 Å². The Morgan fingerprint density at radius 1 is 0.909 bits per heavy atom. The van der Waals surface area contributed by atoms with Crippen LogP contribution in [-0.4, -0.2) is 7.11 Å². The summed E-state index contributed by atoms with van der Waals surface area (Å²) in [5.41, 5.74) is 2.50. The topological polar surface area (TPSA) is 21.3 Å². The van der Waals surface area contributed by atoms with Crippen molar-refractivity contribution in [1.82, 2.24) is 5.32 Å².